The number of nitrogens with one attached hydrogen (secondary N) is 2. The highest BCUT2D eigenvalue weighted by atomic mass is 16.5. The number of fused-ring (bicyclic) bond motifs is 3. The Morgan fingerprint density at radius 2 is 1.82 bits per heavy atom. The van der Waals surface area contributed by atoms with Crippen molar-refractivity contribution < 1.29 is 19.1 Å². The van der Waals surface area contributed by atoms with Gasteiger partial charge in [0, 0.05) is 29.6 Å². The minimum Gasteiger partial charge on any atom is -0.496 e. The molecule has 8 nitrogen and oxygen atoms in total. The molecule has 1 aromatic heterocycles. The lowest BCUT2D eigenvalue weighted by atomic mass is 9.95. The first-order chi connectivity index (χ1) is 15.9. The lowest BCUT2D eigenvalue weighted by Crippen LogP contribution is -2.64. The zero-order valence-corrected chi connectivity index (χ0v) is 19.1. The molecule has 3 aromatic rings. The Balaban J connectivity index is 1.46. The van der Waals surface area contributed by atoms with E-state index in [1.54, 1.807) is 18.9 Å². The molecule has 0 aliphatic carbocycles. The molecule has 3 amide bonds. The summed E-state index contributed by atoms with van der Waals surface area (Å²) in [5, 5.41) is 6.47. The first-order valence-corrected chi connectivity index (χ1v) is 11.0. The van der Waals surface area contributed by atoms with Crippen molar-refractivity contribution in [3.63, 3.8) is 0 Å². The smallest absolute Gasteiger partial charge is 0.271 e. The normalized spacial score (nSPS) is 17.5. The number of ether oxygens (including phenoxy) is 1. The zero-order valence-electron chi connectivity index (χ0n) is 19.1. The summed E-state index contributed by atoms with van der Waals surface area (Å²) in [7, 11) is 1.58. The first-order valence-electron chi connectivity index (χ1n) is 11.0. The molecule has 0 saturated heterocycles. The van der Waals surface area contributed by atoms with Crippen molar-refractivity contribution in [2.24, 2.45) is 0 Å². The molecule has 0 spiro atoms. The average Bonchev–Trinajstić information content (AvgIpc) is 3.20. The fraction of sp³-hybridized carbons (Fsp3) is 0.320. The molecule has 1 atom stereocenters. The van der Waals surface area contributed by atoms with E-state index < -0.39 is 5.54 Å². The van der Waals surface area contributed by atoms with Crippen molar-refractivity contribution in [1.82, 2.24) is 20.1 Å². The van der Waals surface area contributed by atoms with Gasteiger partial charge in [0.15, 0.2) is 0 Å². The van der Waals surface area contributed by atoms with Crippen molar-refractivity contribution in [2.45, 2.75) is 32.5 Å². The van der Waals surface area contributed by atoms with E-state index in [1.807, 2.05) is 66.1 Å². The van der Waals surface area contributed by atoms with E-state index >= 15 is 0 Å². The van der Waals surface area contributed by atoms with E-state index in [0.29, 0.717) is 24.5 Å². The van der Waals surface area contributed by atoms with E-state index in [2.05, 4.69) is 10.6 Å². The lowest BCUT2D eigenvalue weighted by molar-refractivity contribution is -0.134. The van der Waals surface area contributed by atoms with Crippen LogP contribution in [0.1, 0.15) is 29.9 Å². The van der Waals surface area contributed by atoms with Gasteiger partial charge in [0.05, 0.1) is 20.2 Å². The van der Waals surface area contributed by atoms with Gasteiger partial charge in [-0.1, -0.05) is 36.4 Å². The van der Waals surface area contributed by atoms with Gasteiger partial charge in [0.2, 0.25) is 11.8 Å². The number of para-hydroxylation sites is 2. The van der Waals surface area contributed by atoms with Gasteiger partial charge in [-0.2, -0.15) is 0 Å². The molecule has 2 aromatic carbocycles. The predicted octanol–water partition coefficient (Wildman–Crippen LogP) is 2.32. The van der Waals surface area contributed by atoms with Gasteiger partial charge in [-0.05, 0) is 32.0 Å². The zero-order chi connectivity index (χ0) is 23.6. The third-order valence-electron chi connectivity index (χ3n) is 6.22. The number of hydrogen-bond donors (Lipinski definition) is 2. The molecule has 4 rings (SSSR count). The van der Waals surface area contributed by atoms with Crippen molar-refractivity contribution >= 4 is 28.6 Å². The van der Waals surface area contributed by atoms with Crippen LogP contribution in [0, 0.1) is 0 Å². The van der Waals surface area contributed by atoms with Gasteiger partial charge in [0.25, 0.3) is 5.91 Å². The van der Waals surface area contributed by atoms with Gasteiger partial charge in [-0.25, -0.2) is 0 Å². The van der Waals surface area contributed by atoms with Gasteiger partial charge < -0.3 is 24.8 Å². The third kappa shape index (κ3) is 4.04. The molecule has 0 fully saturated rings. The van der Waals surface area contributed by atoms with E-state index in [4.69, 9.17) is 4.74 Å². The van der Waals surface area contributed by atoms with E-state index in [9.17, 15) is 14.4 Å². The van der Waals surface area contributed by atoms with Crippen LogP contribution in [0.4, 0.5) is 0 Å². The summed E-state index contributed by atoms with van der Waals surface area (Å²) in [5.41, 5.74) is 1.19. The number of methoxy groups -OCH3 is 1. The number of carbonyl (C=O) groups excluding carboxylic acids is 3. The molecule has 1 aliphatic heterocycles. The molecule has 172 valence electrons. The Labute approximate surface area is 192 Å². The third-order valence-corrected chi connectivity index (χ3v) is 6.22. The number of benzene rings is 2. The maximum absolute atomic E-state index is 13.3. The van der Waals surface area contributed by atoms with Crippen molar-refractivity contribution in [2.75, 3.05) is 20.2 Å². The second-order valence-electron chi connectivity index (χ2n) is 8.27. The highest BCUT2D eigenvalue weighted by Gasteiger charge is 2.46. The summed E-state index contributed by atoms with van der Waals surface area (Å²) >= 11 is 0. The number of rotatable bonds is 7. The van der Waals surface area contributed by atoms with Crippen LogP contribution < -0.4 is 15.4 Å². The summed E-state index contributed by atoms with van der Waals surface area (Å²) in [4.78, 5) is 40.5. The Hall–Kier alpha value is -3.81. The summed E-state index contributed by atoms with van der Waals surface area (Å²) < 4.78 is 7.19. The Kier molecular flexibility index (Phi) is 6.09. The fourth-order valence-electron chi connectivity index (χ4n) is 4.46. The Morgan fingerprint density at radius 1 is 1.09 bits per heavy atom. The monoisotopic (exact) mass is 448 g/mol. The molecule has 1 aliphatic rings. The van der Waals surface area contributed by atoms with Crippen LogP contribution in [-0.4, -0.2) is 52.9 Å². The maximum atomic E-state index is 13.3. The molecule has 2 N–H and O–H groups in total. The van der Waals surface area contributed by atoms with Crippen LogP contribution in [0.25, 0.3) is 10.9 Å². The highest BCUT2D eigenvalue weighted by molar-refractivity contribution is 6.04. The second-order valence-corrected chi connectivity index (χ2v) is 8.27. The van der Waals surface area contributed by atoms with Gasteiger partial charge in [-0.15, -0.1) is 0 Å². The van der Waals surface area contributed by atoms with Gasteiger partial charge >= 0.3 is 0 Å². The molecule has 8 heteroatoms. The number of aromatic nitrogens is 1. The van der Waals surface area contributed by atoms with Crippen LogP contribution >= 0.6 is 0 Å². The maximum Gasteiger partial charge on any atom is 0.271 e. The molecule has 33 heavy (non-hydrogen) atoms. The summed E-state index contributed by atoms with van der Waals surface area (Å²) in [6.45, 7) is 4.38. The number of carbonyl (C=O) groups is 3. The molecule has 2 heterocycles. The summed E-state index contributed by atoms with van der Waals surface area (Å²) in [5.74, 6) is -0.203. The second kappa shape index (κ2) is 8.97. The van der Waals surface area contributed by atoms with Gasteiger partial charge in [-0.3, -0.25) is 14.4 Å². The van der Waals surface area contributed by atoms with Crippen LogP contribution in [0.15, 0.2) is 54.6 Å². The molecule has 0 unspecified atom stereocenters. The van der Waals surface area contributed by atoms with E-state index in [0.717, 1.165) is 16.5 Å². The molecule has 0 radical (unpaired) electrons. The number of amides is 3. The van der Waals surface area contributed by atoms with Crippen LogP contribution in [0.2, 0.25) is 0 Å². The first kappa shape index (κ1) is 22.4. The van der Waals surface area contributed by atoms with Crippen LogP contribution in [-0.2, 0) is 22.7 Å². The topological polar surface area (TPSA) is 92.7 Å². The van der Waals surface area contributed by atoms with Crippen molar-refractivity contribution in [3.05, 3.63) is 65.9 Å². The molecule has 0 saturated carbocycles. The Bertz CT molecular complexity index is 1220. The lowest BCUT2D eigenvalue weighted by Gasteiger charge is -2.43. The summed E-state index contributed by atoms with van der Waals surface area (Å²) in [6.07, 6.45) is 0. The van der Waals surface area contributed by atoms with Gasteiger partial charge in [0.1, 0.15) is 17.0 Å². The van der Waals surface area contributed by atoms with E-state index in [-0.39, 0.29) is 30.8 Å². The minimum absolute atomic E-state index is 0.186. The predicted molar refractivity (Wildman–Crippen MR) is 125 cm³/mol. The SMILES string of the molecule is CCN1C(=O)c2cc3ccccc3n2C[C@@]1(C)C(=O)NCC(=O)NCc1ccccc1OC. The summed E-state index contributed by atoms with van der Waals surface area (Å²) in [6, 6.07) is 17.0. The van der Waals surface area contributed by atoms with E-state index in [1.165, 1.54) is 0 Å². The number of nitrogens with zero attached hydrogens (tertiary/aromatic N) is 2. The van der Waals surface area contributed by atoms with Crippen LogP contribution in [0.3, 0.4) is 0 Å². The Morgan fingerprint density at radius 3 is 2.58 bits per heavy atom. The van der Waals surface area contributed by atoms with Crippen molar-refractivity contribution in [1.29, 1.82) is 0 Å². The molecular formula is C25H28N4O4. The minimum atomic E-state index is -1.12. The number of hydrogen-bond acceptors (Lipinski definition) is 4. The highest BCUT2D eigenvalue weighted by Crippen LogP contribution is 2.32. The van der Waals surface area contributed by atoms with Crippen LogP contribution in [0.5, 0.6) is 5.75 Å². The standard InChI is InChI=1S/C25H28N4O4/c1-4-29-23(31)20-13-17-9-5-7-11-19(17)28(20)16-25(29,2)24(32)27-15-22(30)26-14-18-10-6-8-12-21(18)33-3/h5-13H,4,14-16H2,1-3H3,(H,26,30)(H,27,32)/t25-/m0/s1. The van der Waals surface area contributed by atoms with Crippen molar-refractivity contribution in [3.8, 4) is 5.75 Å². The quantitative estimate of drug-likeness (QED) is 0.580. The largest absolute Gasteiger partial charge is 0.496 e. The molecular weight excluding hydrogens is 420 g/mol. The average molecular weight is 449 g/mol. The molecule has 0 bridgehead atoms. The fourth-order valence-corrected chi connectivity index (χ4v) is 4.46. The number of likely N-dealkylation sites (N-methyl/N-ethyl adjacent to an activating group) is 1.